The van der Waals surface area contributed by atoms with Crippen LogP contribution in [0.1, 0.15) is 50.6 Å². The lowest BCUT2D eigenvalue weighted by Gasteiger charge is -2.28. The molecule has 0 saturated heterocycles. The molecule has 8 heteroatoms. The van der Waals surface area contributed by atoms with E-state index in [-0.39, 0.29) is 24.6 Å². The van der Waals surface area contributed by atoms with Gasteiger partial charge in [0.15, 0.2) is 5.69 Å². The van der Waals surface area contributed by atoms with Crippen LogP contribution < -0.4 is 0 Å². The number of rotatable bonds is 5. The molecule has 0 unspecified atom stereocenters. The summed E-state index contributed by atoms with van der Waals surface area (Å²) in [5, 5.41) is 13.6. The minimum Gasteiger partial charge on any atom is -0.389 e. The minimum atomic E-state index is -4.51. The molecular weight excluding hydrogens is 323 g/mol. The van der Waals surface area contributed by atoms with Gasteiger partial charge < -0.3 is 10.0 Å². The van der Waals surface area contributed by atoms with E-state index < -0.39 is 17.5 Å². The number of hydrogen-bond acceptors (Lipinski definition) is 3. The van der Waals surface area contributed by atoms with Gasteiger partial charge in [0, 0.05) is 24.3 Å². The fraction of sp³-hybridized carbons (Fsp3) is 0.750. The quantitative estimate of drug-likeness (QED) is 0.890. The number of hydrogen-bond donors (Lipinski definition) is 1. The van der Waals surface area contributed by atoms with Crippen molar-refractivity contribution in [1.82, 2.24) is 14.7 Å². The highest BCUT2D eigenvalue weighted by Crippen LogP contribution is 2.35. The molecule has 1 aromatic heterocycles. The monoisotopic (exact) mass is 347 g/mol. The van der Waals surface area contributed by atoms with E-state index in [1.165, 1.54) is 9.58 Å². The molecule has 1 aliphatic carbocycles. The highest BCUT2D eigenvalue weighted by molar-refractivity contribution is 5.76. The van der Waals surface area contributed by atoms with E-state index in [1.807, 2.05) is 0 Å². The molecule has 0 spiro atoms. The zero-order valence-electron chi connectivity index (χ0n) is 14.3. The molecule has 5 nitrogen and oxygen atoms in total. The summed E-state index contributed by atoms with van der Waals surface area (Å²) in [6.45, 7) is 5.20. The summed E-state index contributed by atoms with van der Waals surface area (Å²) in [5.41, 5.74) is -1.18. The Labute approximate surface area is 139 Å². The molecular formula is C16H24F3N3O2. The van der Waals surface area contributed by atoms with Crippen molar-refractivity contribution in [3.05, 3.63) is 17.0 Å². The van der Waals surface area contributed by atoms with E-state index in [0.29, 0.717) is 31.5 Å². The Hall–Kier alpha value is -1.57. The first-order valence-electron chi connectivity index (χ1n) is 8.19. The van der Waals surface area contributed by atoms with E-state index >= 15 is 0 Å². The largest absolute Gasteiger partial charge is 0.435 e. The SMILES string of the molecule is CCN(CC(C)(C)O)C(=O)Cn1nc(C(F)(F)F)c2c1CCCC2. The standard InChI is InChI=1S/C16H24F3N3O2/c1-4-21(10-15(2,3)24)13(23)9-22-12-8-6-5-7-11(12)14(20-22)16(17,18)19/h24H,4-10H2,1-3H3. The molecule has 0 aromatic carbocycles. The average Bonchev–Trinajstić information content (AvgIpc) is 2.83. The lowest BCUT2D eigenvalue weighted by molar-refractivity contribution is -0.143. The van der Waals surface area contributed by atoms with Crippen LogP contribution in [-0.2, 0) is 30.4 Å². The average molecular weight is 347 g/mol. The number of fused-ring (bicyclic) bond motifs is 1. The van der Waals surface area contributed by atoms with Crippen LogP contribution in [0.2, 0.25) is 0 Å². The summed E-state index contributed by atoms with van der Waals surface area (Å²) in [5.74, 6) is -0.343. The molecule has 1 heterocycles. The third-order valence-electron chi connectivity index (χ3n) is 4.12. The number of carbonyl (C=O) groups excluding carboxylic acids is 1. The molecule has 0 bridgehead atoms. The molecule has 0 radical (unpaired) electrons. The first-order valence-corrected chi connectivity index (χ1v) is 8.19. The summed E-state index contributed by atoms with van der Waals surface area (Å²) in [4.78, 5) is 13.9. The van der Waals surface area contributed by atoms with Crippen LogP contribution in [0, 0.1) is 0 Å². The second kappa shape index (κ2) is 6.74. The number of carbonyl (C=O) groups is 1. The normalized spacial score (nSPS) is 15.3. The third-order valence-corrected chi connectivity index (χ3v) is 4.12. The van der Waals surface area contributed by atoms with Crippen LogP contribution in [0.3, 0.4) is 0 Å². The molecule has 1 aromatic rings. The van der Waals surface area contributed by atoms with Crippen molar-refractivity contribution < 1.29 is 23.1 Å². The molecule has 0 atom stereocenters. The maximum absolute atomic E-state index is 13.2. The van der Waals surface area contributed by atoms with Gasteiger partial charge in [-0.1, -0.05) is 0 Å². The Morgan fingerprint density at radius 2 is 1.92 bits per heavy atom. The molecule has 2 rings (SSSR count). The second-order valence-corrected chi connectivity index (χ2v) is 6.86. The van der Waals surface area contributed by atoms with Crippen LogP contribution in [0.15, 0.2) is 0 Å². The molecule has 1 N–H and O–H groups in total. The summed E-state index contributed by atoms with van der Waals surface area (Å²) < 4.78 is 40.7. The summed E-state index contributed by atoms with van der Waals surface area (Å²) >= 11 is 0. The van der Waals surface area contributed by atoms with Crippen LogP contribution in [0.5, 0.6) is 0 Å². The van der Waals surface area contributed by atoms with Gasteiger partial charge in [-0.3, -0.25) is 9.48 Å². The van der Waals surface area contributed by atoms with Crippen LogP contribution in [-0.4, -0.2) is 44.4 Å². The van der Waals surface area contributed by atoms with Gasteiger partial charge in [0.25, 0.3) is 0 Å². The summed E-state index contributed by atoms with van der Waals surface area (Å²) in [7, 11) is 0. The van der Waals surface area contributed by atoms with Crippen molar-refractivity contribution in [3.8, 4) is 0 Å². The topological polar surface area (TPSA) is 58.4 Å². The number of amides is 1. The minimum absolute atomic E-state index is 0.123. The van der Waals surface area contributed by atoms with E-state index in [2.05, 4.69) is 5.10 Å². The van der Waals surface area contributed by atoms with Gasteiger partial charge in [-0.2, -0.15) is 18.3 Å². The molecule has 136 valence electrons. The Kier molecular flexibility index (Phi) is 5.27. The molecule has 0 saturated carbocycles. The van der Waals surface area contributed by atoms with Gasteiger partial charge in [-0.15, -0.1) is 0 Å². The van der Waals surface area contributed by atoms with E-state index in [1.54, 1.807) is 20.8 Å². The predicted octanol–water partition coefficient (Wildman–Crippen LogP) is 2.40. The zero-order valence-corrected chi connectivity index (χ0v) is 14.3. The van der Waals surface area contributed by atoms with Crippen LogP contribution >= 0.6 is 0 Å². The number of likely N-dealkylation sites (N-methyl/N-ethyl adjacent to an activating group) is 1. The molecule has 1 aliphatic rings. The Bertz CT molecular complexity index is 603. The maximum Gasteiger partial charge on any atom is 0.435 e. The highest BCUT2D eigenvalue weighted by Gasteiger charge is 2.39. The fourth-order valence-electron chi connectivity index (χ4n) is 3.10. The lowest BCUT2D eigenvalue weighted by Crippen LogP contribution is -2.43. The maximum atomic E-state index is 13.2. The summed E-state index contributed by atoms with van der Waals surface area (Å²) in [6, 6.07) is 0. The third kappa shape index (κ3) is 4.28. The van der Waals surface area contributed by atoms with Gasteiger partial charge in [0.2, 0.25) is 5.91 Å². The van der Waals surface area contributed by atoms with Crippen LogP contribution in [0.4, 0.5) is 13.2 Å². The summed E-state index contributed by atoms with van der Waals surface area (Å²) in [6.07, 6.45) is -2.16. The Balaban J connectivity index is 2.26. The predicted molar refractivity (Wildman–Crippen MR) is 82.4 cm³/mol. The van der Waals surface area contributed by atoms with E-state index in [4.69, 9.17) is 0 Å². The second-order valence-electron chi connectivity index (χ2n) is 6.86. The highest BCUT2D eigenvalue weighted by atomic mass is 19.4. The number of aliphatic hydroxyl groups is 1. The molecule has 24 heavy (non-hydrogen) atoms. The number of alkyl halides is 3. The van der Waals surface area contributed by atoms with Crippen molar-refractivity contribution in [2.75, 3.05) is 13.1 Å². The lowest BCUT2D eigenvalue weighted by atomic mass is 9.95. The molecule has 1 amide bonds. The fourth-order valence-corrected chi connectivity index (χ4v) is 3.10. The van der Waals surface area contributed by atoms with E-state index in [0.717, 1.165) is 6.42 Å². The van der Waals surface area contributed by atoms with Gasteiger partial charge in [0.05, 0.1) is 5.60 Å². The zero-order chi connectivity index (χ0) is 18.1. The Morgan fingerprint density at radius 1 is 1.29 bits per heavy atom. The van der Waals surface area contributed by atoms with Crippen molar-refractivity contribution in [2.45, 2.75) is 64.8 Å². The van der Waals surface area contributed by atoms with Gasteiger partial charge >= 0.3 is 6.18 Å². The van der Waals surface area contributed by atoms with Crippen molar-refractivity contribution in [1.29, 1.82) is 0 Å². The number of nitrogens with zero attached hydrogens (tertiary/aromatic N) is 3. The van der Waals surface area contributed by atoms with Crippen LogP contribution in [0.25, 0.3) is 0 Å². The van der Waals surface area contributed by atoms with Crippen molar-refractivity contribution in [3.63, 3.8) is 0 Å². The van der Waals surface area contributed by atoms with E-state index in [9.17, 15) is 23.1 Å². The molecule has 0 fully saturated rings. The van der Waals surface area contributed by atoms with Gasteiger partial charge in [-0.25, -0.2) is 0 Å². The van der Waals surface area contributed by atoms with Gasteiger partial charge in [0.1, 0.15) is 6.54 Å². The first-order chi connectivity index (χ1) is 11.0. The number of halogens is 3. The Morgan fingerprint density at radius 3 is 2.46 bits per heavy atom. The van der Waals surface area contributed by atoms with Gasteiger partial charge in [-0.05, 0) is 46.5 Å². The van der Waals surface area contributed by atoms with Crippen molar-refractivity contribution in [2.24, 2.45) is 0 Å². The first kappa shape index (κ1) is 18.8. The smallest absolute Gasteiger partial charge is 0.389 e. The molecule has 0 aliphatic heterocycles. The number of aromatic nitrogens is 2. The van der Waals surface area contributed by atoms with Crippen molar-refractivity contribution >= 4 is 5.91 Å².